The summed E-state index contributed by atoms with van der Waals surface area (Å²) in [6.07, 6.45) is 5.51. The molecule has 6 atom stereocenters. The Hall–Kier alpha value is -1.46. The summed E-state index contributed by atoms with van der Waals surface area (Å²) in [6.45, 7) is 11.9. The van der Waals surface area contributed by atoms with Crippen LogP contribution in [0.1, 0.15) is 60.8 Å². The van der Waals surface area contributed by atoms with Gasteiger partial charge in [-0.3, -0.25) is 9.59 Å². The van der Waals surface area contributed by atoms with Gasteiger partial charge in [-0.05, 0) is 82.8 Å². The van der Waals surface area contributed by atoms with E-state index in [1.807, 2.05) is 0 Å². The number of carbonyl (C=O) groups is 2. The molecule has 28 heavy (non-hydrogen) atoms. The highest BCUT2D eigenvalue weighted by molar-refractivity contribution is 5.94. The van der Waals surface area contributed by atoms with E-state index >= 15 is 0 Å². The molecule has 156 valence electrons. The summed E-state index contributed by atoms with van der Waals surface area (Å²) in [7, 11) is 0. The van der Waals surface area contributed by atoms with E-state index in [1.165, 1.54) is 17.7 Å². The zero-order chi connectivity index (χ0) is 20.9. The van der Waals surface area contributed by atoms with Crippen LogP contribution in [0.4, 0.5) is 0 Å². The molecule has 3 aliphatic rings. The molecule has 0 aromatic rings. The van der Waals surface area contributed by atoms with Gasteiger partial charge in [-0.25, -0.2) is 0 Å². The van der Waals surface area contributed by atoms with E-state index in [4.69, 9.17) is 9.47 Å². The maximum Gasteiger partial charge on any atom is 0.311 e. The average Bonchev–Trinajstić information content (AvgIpc) is 2.58. The Bertz CT molecular complexity index is 698. The standard InChI is InChI=1S/C23H34O5/c1-13(2)15-8-7-14(3)16-11-19-18(24)9-10-23(26,28-19)20(12-17(15)16)27-21(25)22(4,5)6/h7,9-10,13,15-17,19-20,26H,8,11-12H2,1-6H3/t15-,16+,17-,19+,20-,23-/m1/s1. The number of hydrogen-bond acceptors (Lipinski definition) is 5. The fraction of sp³-hybridized carbons (Fsp3) is 0.739. The summed E-state index contributed by atoms with van der Waals surface area (Å²) in [4.78, 5) is 25.1. The SMILES string of the molecule is CC1=CC[C@H](C(C)C)[C@H]2C[C@@H](OC(=O)C(C)(C)C)[C@@]3(O)C=CC(=O)[C@H](C[C@@H]12)O3. The Labute approximate surface area is 168 Å². The van der Waals surface area contributed by atoms with Crippen molar-refractivity contribution in [2.75, 3.05) is 0 Å². The first-order valence-corrected chi connectivity index (χ1v) is 10.4. The van der Waals surface area contributed by atoms with Crippen LogP contribution in [0, 0.1) is 29.1 Å². The highest BCUT2D eigenvalue weighted by Crippen LogP contribution is 2.48. The van der Waals surface area contributed by atoms with E-state index in [0.717, 1.165) is 6.42 Å². The number of ketones is 1. The van der Waals surface area contributed by atoms with Gasteiger partial charge in [-0.2, -0.15) is 0 Å². The third-order valence-corrected chi connectivity index (χ3v) is 6.63. The van der Waals surface area contributed by atoms with Crippen LogP contribution in [0.5, 0.6) is 0 Å². The van der Waals surface area contributed by atoms with Crippen molar-refractivity contribution in [2.45, 2.75) is 78.8 Å². The van der Waals surface area contributed by atoms with Gasteiger partial charge >= 0.3 is 5.97 Å². The van der Waals surface area contributed by atoms with Crippen LogP contribution in [0.15, 0.2) is 23.8 Å². The molecule has 5 heteroatoms. The molecule has 0 aromatic heterocycles. The molecule has 0 saturated carbocycles. The molecule has 2 aliphatic heterocycles. The molecular weight excluding hydrogens is 356 g/mol. The largest absolute Gasteiger partial charge is 0.456 e. The first-order valence-electron chi connectivity index (χ1n) is 10.4. The zero-order valence-electron chi connectivity index (χ0n) is 17.9. The number of carbonyl (C=O) groups excluding carboxylic acids is 2. The smallest absolute Gasteiger partial charge is 0.311 e. The lowest BCUT2D eigenvalue weighted by atomic mass is 9.63. The number of rotatable bonds is 2. The number of hydrogen-bond donors (Lipinski definition) is 1. The minimum absolute atomic E-state index is 0.134. The highest BCUT2D eigenvalue weighted by atomic mass is 16.7. The summed E-state index contributed by atoms with van der Waals surface area (Å²) in [5, 5.41) is 11.2. The van der Waals surface area contributed by atoms with Crippen molar-refractivity contribution in [1.29, 1.82) is 0 Å². The van der Waals surface area contributed by atoms with Crippen molar-refractivity contribution in [3.8, 4) is 0 Å². The Kier molecular flexibility index (Phi) is 5.63. The van der Waals surface area contributed by atoms with Crippen molar-refractivity contribution in [1.82, 2.24) is 0 Å². The van der Waals surface area contributed by atoms with Crippen LogP contribution in [-0.2, 0) is 19.1 Å². The maximum absolute atomic E-state index is 12.6. The van der Waals surface area contributed by atoms with Gasteiger partial charge in [0.2, 0.25) is 5.79 Å². The number of ether oxygens (including phenoxy) is 2. The van der Waals surface area contributed by atoms with Gasteiger partial charge < -0.3 is 14.6 Å². The molecule has 2 bridgehead atoms. The Morgan fingerprint density at radius 3 is 2.61 bits per heavy atom. The molecule has 1 saturated heterocycles. The van der Waals surface area contributed by atoms with Crippen molar-refractivity contribution in [3.05, 3.63) is 23.8 Å². The molecule has 0 radical (unpaired) electrons. The lowest BCUT2D eigenvalue weighted by Crippen LogP contribution is -2.56. The quantitative estimate of drug-likeness (QED) is 0.573. The molecule has 1 N–H and O–H groups in total. The second-order valence-electron chi connectivity index (χ2n) is 10.1. The van der Waals surface area contributed by atoms with E-state index in [2.05, 4.69) is 26.8 Å². The Morgan fingerprint density at radius 2 is 2.00 bits per heavy atom. The van der Waals surface area contributed by atoms with E-state index in [1.54, 1.807) is 20.8 Å². The number of aliphatic hydroxyl groups is 1. The fourth-order valence-electron chi connectivity index (χ4n) is 4.82. The van der Waals surface area contributed by atoms with Crippen LogP contribution in [0.25, 0.3) is 0 Å². The van der Waals surface area contributed by atoms with Crippen LogP contribution in [0.3, 0.4) is 0 Å². The fourth-order valence-corrected chi connectivity index (χ4v) is 4.82. The van der Waals surface area contributed by atoms with Gasteiger partial charge in [0.15, 0.2) is 11.9 Å². The van der Waals surface area contributed by atoms with E-state index < -0.39 is 23.4 Å². The molecule has 3 rings (SSSR count). The van der Waals surface area contributed by atoms with Crippen LogP contribution in [0.2, 0.25) is 0 Å². The number of esters is 1. The molecule has 0 amide bonds. The minimum atomic E-state index is -1.76. The summed E-state index contributed by atoms with van der Waals surface area (Å²) in [5.74, 6) is -1.01. The van der Waals surface area contributed by atoms with Crippen LogP contribution >= 0.6 is 0 Å². The molecule has 0 unspecified atom stereocenters. The molecular formula is C23H34O5. The average molecular weight is 391 g/mol. The zero-order valence-corrected chi connectivity index (χ0v) is 17.9. The summed E-state index contributed by atoms with van der Waals surface area (Å²) >= 11 is 0. The molecule has 0 aromatic carbocycles. The van der Waals surface area contributed by atoms with Crippen LogP contribution < -0.4 is 0 Å². The third kappa shape index (κ3) is 3.97. The maximum atomic E-state index is 12.6. The lowest BCUT2D eigenvalue weighted by Gasteiger charge is -2.48. The molecule has 0 spiro atoms. The predicted molar refractivity (Wildman–Crippen MR) is 106 cm³/mol. The predicted octanol–water partition coefficient (Wildman–Crippen LogP) is 3.81. The van der Waals surface area contributed by atoms with E-state index in [9.17, 15) is 14.7 Å². The second-order valence-corrected chi connectivity index (χ2v) is 10.1. The highest BCUT2D eigenvalue weighted by Gasteiger charge is 2.51. The molecule has 5 nitrogen and oxygen atoms in total. The monoisotopic (exact) mass is 390 g/mol. The summed E-state index contributed by atoms with van der Waals surface area (Å²) in [6, 6.07) is 0. The topological polar surface area (TPSA) is 72.8 Å². The molecule has 1 aliphatic carbocycles. The van der Waals surface area contributed by atoms with Gasteiger partial charge in [0, 0.05) is 0 Å². The third-order valence-electron chi connectivity index (χ3n) is 6.63. The van der Waals surface area contributed by atoms with Crippen molar-refractivity contribution >= 4 is 11.8 Å². The van der Waals surface area contributed by atoms with Crippen LogP contribution in [-0.4, -0.2) is 34.9 Å². The first kappa shape index (κ1) is 21.3. The molecule has 1 fully saturated rings. The van der Waals surface area contributed by atoms with Gasteiger partial charge in [0.1, 0.15) is 6.10 Å². The van der Waals surface area contributed by atoms with Crippen molar-refractivity contribution < 1.29 is 24.2 Å². The summed E-state index contributed by atoms with van der Waals surface area (Å²) in [5.41, 5.74) is 0.574. The number of allylic oxidation sites excluding steroid dienone is 2. The van der Waals surface area contributed by atoms with Crippen molar-refractivity contribution in [3.63, 3.8) is 0 Å². The summed E-state index contributed by atoms with van der Waals surface area (Å²) < 4.78 is 11.7. The first-order chi connectivity index (χ1) is 12.9. The van der Waals surface area contributed by atoms with Gasteiger partial charge in [-0.1, -0.05) is 25.5 Å². The Balaban J connectivity index is 2.02. The normalized spacial score (nSPS) is 38.4. The van der Waals surface area contributed by atoms with Gasteiger partial charge in [0.25, 0.3) is 0 Å². The lowest BCUT2D eigenvalue weighted by molar-refractivity contribution is -0.267. The number of fused-ring (bicyclic) bond motifs is 3. The van der Waals surface area contributed by atoms with Gasteiger partial charge in [0.05, 0.1) is 5.41 Å². The van der Waals surface area contributed by atoms with E-state index in [0.29, 0.717) is 24.7 Å². The molecule has 2 heterocycles. The van der Waals surface area contributed by atoms with E-state index in [-0.39, 0.29) is 23.6 Å². The minimum Gasteiger partial charge on any atom is -0.456 e. The second kappa shape index (κ2) is 7.42. The Morgan fingerprint density at radius 1 is 1.32 bits per heavy atom. The van der Waals surface area contributed by atoms with Gasteiger partial charge in [-0.15, -0.1) is 0 Å². The van der Waals surface area contributed by atoms with Crippen molar-refractivity contribution in [2.24, 2.45) is 29.1 Å².